The zero-order valence-electron chi connectivity index (χ0n) is 15.0. The summed E-state index contributed by atoms with van der Waals surface area (Å²) in [5, 5.41) is 17.4. The molecule has 1 heterocycles. The summed E-state index contributed by atoms with van der Waals surface area (Å²) in [4.78, 5) is 24.1. The first-order chi connectivity index (χ1) is 11.9. The first-order valence-corrected chi connectivity index (χ1v) is 8.62. The molecular formula is C18H26N4O3. The van der Waals surface area contributed by atoms with Crippen molar-refractivity contribution in [3.8, 4) is 5.69 Å². The summed E-state index contributed by atoms with van der Waals surface area (Å²) in [7, 11) is 1.63. The fourth-order valence-corrected chi connectivity index (χ4v) is 2.98. The number of anilines is 1. The van der Waals surface area contributed by atoms with Gasteiger partial charge in [0.2, 0.25) is 5.91 Å². The van der Waals surface area contributed by atoms with E-state index in [4.69, 9.17) is 0 Å². The van der Waals surface area contributed by atoms with E-state index in [2.05, 4.69) is 10.4 Å². The van der Waals surface area contributed by atoms with Crippen LogP contribution in [0.15, 0.2) is 35.4 Å². The number of carbonyl (C=O) groups excluding carboxylic acids is 1. The summed E-state index contributed by atoms with van der Waals surface area (Å²) in [6.07, 6.45) is 4.40. The lowest BCUT2D eigenvalue weighted by molar-refractivity contribution is -0.121. The van der Waals surface area contributed by atoms with Crippen molar-refractivity contribution in [2.24, 2.45) is 7.05 Å². The number of amides is 1. The van der Waals surface area contributed by atoms with Crippen LogP contribution in [0, 0.1) is 0 Å². The van der Waals surface area contributed by atoms with E-state index >= 15 is 0 Å². The highest BCUT2D eigenvalue weighted by molar-refractivity contribution is 5.91. The molecular weight excluding hydrogens is 320 g/mol. The molecule has 7 nitrogen and oxygen atoms in total. The highest BCUT2D eigenvalue weighted by Gasteiger charge is 2.28. The van der Waals surface area contributed by atoms with Gasteiger partial charge in [0.05, 0.1) is 17.7 Å². The van der Waals surface area contributed by atoms with E-state index in [1.807, 2.05) is 13.8 Å². The van der Waals surface area contributed by atoms with Gasteiger partial charge < -0.3 is 10.4 Å². The van der Waals surface area contributed by atoms with Crippen LogP contribution >= 0.6 is 0 Å². The van der Waals surface area contributed by atoms with Crippen molar-refractivity contribution in [3.05, 3.63) is 41.1 Å². The van der Waals surface area contributed by atoms with E-state index in [-0.39, 0.29) is 18.0 Å². The molecule has 0 aliphatic carbocycles. The van der Waals surface area contributed by atoms with Gasteiger partial charge in [0, 0.05) is 12.7 Å². The first-order valence-electron chi connectivity index (χ1n) is 8.62. The van der Waals surface area contributed by atoms with Crippen LogP contribution in [0.25, 0.3) is 5.69 Å². The smallest absolute Gasteiger partial charge is 0.350 e. The Morgan fingerprint density at radius 1 is 1.20 bits per heavy atom. The van der Waals surface area contributed by atoms with Gasteiger partial charge in [0.25, 0.3) is 0 Å². The van der Waals surface area contributed by atoms with E-state index < -0.39 is 5.60 Å². The molecule has 2 N–H and O–H groups in total. The summed E-state index contributed by atoms with van der Waals surface area (Å²) < 4.78 is 2.67. The maximum Gasteiger partial charge on any atom is 0.350 e. The molecule has 0 bridgehead atoms. The summed E-state index contributed by atoms with van der Waals surface area (Å²) >= 11 is 0. The van der Waals surface area contributed by atoms with Crippen molar-refractivity contribution in [1.82, 2.24) is 14.3 Å². The maximum atomic E-state index is 12.2. The van der Waals surface area contributed by atoms with Crippen molar-refractivity contribution in [2.45, 2.75) is 51.6 Å². The van der Waals surface area contributed by atoms with Crippen LogP contribution < -0.4 is 11.0 Å². The molecule has 7 heteroatoms. The molecule has 0 unspecified atom stereocenters. The molecule has 0 radical (unpaired) electrons. The summed E-state index contributed by atoms with van der Waals surface area (Å²) in [6, 6.07) is 6.86. The van der Waals surface area contributed by atoms with Crippen molar-refractivity contribution in [2.75, 3.05) is 5.32 Å². The van der Waals surface area contributed by atoms with E-state index in [0.717, 1.165) is 12.8 Å². The van der Waals surface area contributed by atoms with Gasteiger partial charge in [-0.2, -0.15) is 9.78 Å². The minimum atomic E-state index is -0.950. The number of rotatable bonds is 8. The molecule has 1 aromatic heterocycles. The predicted molar refractivity (Wildman–Crippen MR) is 96.8 cm³/mol. The average Bonchev–Trinajstić information content (AvgIpc) is 2.88. The number of nitrogens with zero attached hydrogens (tertiary/aromatic N) is 3. The highest BCUT2D eigenvalue weighted by atomic mass is 16.3. The van der Waals surface area contributed by atoms with Gasteiger partial charge >= 0.3 is 5.69 Å². The predicted octanol–water partition coefficient (Wildman–Crippen LogP) is 2.23. The van der Waals surface area contributed by atoms with Crippen LogP contribution in [0.5, 0.6) is 0 Å². The normalized spacial score (nSPS) is 11.5. The Balaban J connectivity index is 2.04. The Hall–Kier alpha value is -2.41. The van der Waals surface area contributed by atoms with E-state index in [1.165, 1.54) is 15.6 Å². The van der Waals surface area contributed by atoms with Crippen molar-refractivity contribution in [1.29, 1.82) is 0 Å². The average molecular weight is 346 g/mol. The Kier molecular flexibility index (Phi) is 6.14. The number of hydrogen-bond donors (Lipinski definition) is 2. The molecule has 0 fully saturated rings. The number of hydrogen-bond acceptors (Lipinski definition) is 4. The third-order valence-corrected chi connectivity index (χ3v) is 4.14. The second-order valence-electron chi connectivity index (χ2n) is 6.43. The second kappa shape index (κ2) is 8.11. The van der Waals surface area contributed by atoms with Crippen LogP contribution in [0.2, 0.25) is 0 Å². The molecule has 0 aliphatic rings. The van der Waals surface area contributed by atoms with E-state index in [0.29, 0.717) is 24.2 Å². The Bertz CT molecular complexity index is 755. The van der Waals surface area contributed by atoms with Gasteiger partial charge in [0.15, 0.2) is 0 Å². The lowest BCUT2D eigenvalue weighted by Crippen LogP contribution is -2.33. The Morgan fingerprint density at radius 3 is 2.28 bits per heavy atom. The fraction of sp³-hybridized carbons (Fsp3) is 0.500. The van der Waals surface area contributed by atoms with Gasteiger partial charge in [-0.3, -0.25) is 9.36 Å². The number of aromatic nitrogens is 3. The summed E-state index contributed by atoms with van der Waals surface area (Å²) in [5.74, 6) is -0.216. The standard InChI is InChI=1S/C18H26N4O3/c1-4-10-18(25,11-5-2)12-16(23)20-14-6-8-15(9-7-14)22-17(24)21(3)13-19-22/h6-9,13,25H,4-5,10-12H2,1-3H3,(H,20,23). The molecule has 0 aliphatic heterocycles. The van der Waals surface area contributed by atoms with Crippen LogP contribution in [0.3, 0.4) is 0 Å². The van der Waals surface area contributed by atoms with Gasteiger partial charge in [-0.25, -0.2) is 4.79 Å². The van der Waals surface area contributed by atoms with Crippen LogP contribution in [0.1, 0.15) is 46.0 Å². The number of nitrogens with one attached hydrogen (secondary N) is 1. The summed E-state index contributed by atoms with van der Waals surface area (Å²) in [5.41, 5.74) is 0.0561. The minimum Gasteiger partial charge on any atom is -0.389 e. The zero-order valence-corrected chi connectivity index (χ0v) is 15.0. The number of carbonyl (C=O) groups is 1. The maximum absolute atomic E-state index is 12.2. The number of aliphatic hydroxyl groups is 1. The molecule has 2 aromatic rings. The molecule has 1 aromatic carbocycles. The molecule has 0 spiro atoms. The van der Waals surface area contributed by atoms with E-state index in [1.54, 1.807) is 31.3 Å². The molecule has 2 rings (SSSR count). The van der Waals surface area contributed by atoms with E-state index in [9.17, 15) is 14.7 Å². The Labute approximate surface area is 147 Å². The monoisotopic (exact) mass is 346 g/mol. The Morgan fingerprint density at radius 2 is 1.80 bits per heavy atom. The third-order valence-electron chi connectivity index (χ3n) is 4.14. The molecule has 0 saturated carbocycles. The summed E-state index contributed by atoms with van der Waals surface area (Å²) in [6.45, 7) is 3.99. The molecule has 25 heavy (non-hydrogen) atoms. The number of benzene rings is 1. The quantitative estimate of drug-likeness (QED) is 0.767. The lowest BCUT2D eigenvalue weighted by Gasteiger charge is -2.26. The van der Waals surface area contributed by atoms with Gasteiger partial charge in [-0.05, 0) is 37.1 Å². The van der Waals surface area contributed by atoms with Gasteiger partial charge in [0.1, 0.15) is 6.33 Å². The SMILES string of the molecule is CCCC(O)(CCC)CC(=O)Nc1ccc(-n2ncn(C)c2=O)cc1. The second-order valence-corrected chi connectivity index (χ2v) is 6.43. The topological polar surface area (TPSA) is 89.2 Å². The third kappa shape index (κ3) is 4.79. The molecule has 136 valence electrons. The van der Waals surface area contributed by atoms with Crippen LogP contribution in [-0.2, 0) is 11.8 Å². The molecule has 1 amide bonds. The van der Waals surface area contributed by atoms with Crippen molar-refractivity contribution >= 4 is 11.6 Å². The first kappa shape index (κ1) is 18.9. The van der Waals surface area contributed by atoms with Gasteiger partial charge in [-0.15, -0.1) is 0 Å². The number of aryl methyl sites for hydroxylation is 1. The molecule has 0 atom stereocenters. The highest BCUT2D eigenvalue weighted by Crippen LogP contribution is 2.24. The van der Waals surface area contributed by atoms with Crippen molar-refractivity contribution < 1.29 is 9.90 Å². The van der Waals surface area contributed by atoms with Gasteiger partial charge in [-0.1, -0.05) is 26.7 Å². The minimum absolute atomic E-state index is 0.0795. The van der Waals surface area contributed by atoms with Crippen LogP contribution in [0.4, 0.5) is 5.69 Å². The fourth-order valence-electron chi connectivity index (χ4n) is 2.98. The largest absolute Gasteiger partial charge is 0.389 e. The van der Waals surface area contributed by atoms with Crippen LogP contribution in [-0.4, -0.2) is 31.0 Å². The zero-order chi connectivity index (χ0) is 18.4. The molecule has 0 saturated heterocycles. The van der Waals surface area contributed by atoms with Crippen molar-refractivity contribution in [3.63, 3.8) is 0 Å². The lowest BCUT2D eigenvalue weighted by atomic mass is 9.89.